The molecule has 1 amide bonds. The van der Waals surface area contributed by atoms with E-state index in [0.29, 0.717) is 19.4 Å². The summed E-state index contributed by atoms with van der Waals surface area (Å²) in [5.41, 5.74) is 0. The Morgan fingerprint density at radius 3 is 2.75 bits per heavy atom. The lowest BCUT2D eigenvalue weighted by atomic mass is 10.1. The SMILES string of the molecule is O=C1CCCS(=O)(=O)N1CC1CCCCN1. The third-order valence-corrected chi connectivity index (χ3v) is 5.03. The molecule has 1 atom stereocenters. The van der Waals surface area contributed by atoms with Gasteiger partial charge < -0.3 is 5.32 Å². The van der Waals surface area contributed by atoms with Gasteiger partial charge in [-0.25, -0.2) is 12.7 Å². The van der Waals surface area contributed by atoms with Gasteiger partial charge in [-0.2, -0.15) is 0 Å². The molecule has 0 radical (unpaired) electrons. The Morgan fingerprint density at radius 1 is 1.31 bits per heavy atom. The molecule has 2 aliphatic rings. The van der Waals surface area contributed by atoms with Crippen LogP contribution in [0.4, 0.5) is 0 Å². The van der Waals surface area contributed by atoms with Gasteiger partial charge in [0, 0.05) is 12.5 Å². The van der Waals surface area contributed by atoms with E-state index in [1.165, 1.54) is 0 Å². The van der Waals surface area contributed by atoms with Crippen LogP contribution in [0.5, 0.6) is 0 Å². The number of sulfonamides is 1. The number of nitrogens with zero attached hydrogens (tertiary/aromatic N) is 1. The lowest BCUT2D eigenvalue weighted by molar-refractivity contribution is -0.127. The van der Waals surface area contributed by atoms with Gasteiger partial charge in [-0.1, -0.05) is 6.42 Å². The van der Waals surface area contributed by atoms with Crippen molar-refractivity contribution in [2.45, 2.75) is 38.1 Å². The molecule has 0 aliphatic carbocycles. The number of carbonyl (C=O) groups excluding carboxylic acids is 1. The molecule has 0 bridgehead atoms. The molecule has 2 aliphatic heterocycles. The average molecular weight is 246 g/mol. The standard InChI is InChI=1S/C10H18N2O3S/c13-10-5-3-7-16(14,15)12(10)8-9-4-1-2-6-11-9/h9,11H,1-8H2. The van der Waals surface area contributed by atoms with Crippen molar-refractivity contribution in [3.05, 3.63) is 0 Å². The fraction of sp³-hybridized carbons (Fsp3) is 0.900. The van der Waals surface area contributed by atoms with Crippen LogP contribution in [0.2, 0.25) is 0 Å². The minimum atomic E-state index is -3.33. The highest BCUT2D eigenvalue weighted by molar-refractivity contribution is 7.89. The van der Waals surface area contributed by atoms with E-state index >= 15 is 0 Å². The lowest BCUT2D eigenvalue weighted by Gasteiger charge is -2.32. The summed E-state index contributed by atoms with van der Waals surface area (Å²) >= 11 is 0. The Kier molecular flexibility index (Phi) is 3.49. The number of piperidine rings is 1. The molecule has 6 heteroatoms. The van der Waals surface area contributed by atoms with E-state index in [-0.39, 0.29) is 17.7 Å². The Balaban J connectivity index is 2.02. The van der Waals surface area contributed by atoms with Crippen molar-refractivity contribution in [3.63, 3.8) is 0 Å². The van der Waals surface area contributed by atoms with Crippen LogP contribution in [0.15, 0.2) is 0 Å². The second-order valence-electron chi connectivity index (χ2n) is 4.49. The van der Waals surface area contributed by atoms with Crippen molar-refractivity contribution in [2.75, 3.05) is 18.8 Å². The van der Waals surface area contributed by atoms with Gasteiger partial charge in [0.25, 0.3) is 0 Å². The smallest absolute Gasteiger partial charge is 0.237 e. The Hall–Kier alpha value is -0.620. The van der Waals surface area contributed by atoms with Crippen LogP contribution in [-0.4, -0.2) is 43.5 Å². The summed E-state index contributed by atoms with van der Waals surface area (Å²) in [6, 6.07) is 0.144. The van der Waals surface area contributed by atoms with Gasteiger partial charge in [0.05, 0.1) is 12.3 Å². The predicted molar refractivity (Wildman–Crippen MR) is 60.4 cm³/mol. The quantitative estimate of drug-likeness (QED) is 0.749. The molecule has 0 aromatic heterocycles. The maximum Gasteiger partial charge on any atom is 0.237 e. The van der Waals surface area contributed by atoms with E-state index < -0.39 is 10.0 Å². The highest BCUT2D eigenvalue weighted by Crippen LogP contribution is 2.17. The van der Waals surface area contributed by atoms with Crippen molar-refractivity contribution < 1.29 is 13.2 Å². The predicted octanol–water partition coefficient (Wildman–Crippen LogP) is 0.0807. The van der Waals surface area contributed by atoms with Crippen molar-refractivity contribution in [1.82, 2.24) is 9.62 Å². The van der Waals surface area contributed by atoms with Crippen LogP contribution in [0.1, 0.15) is 32.1 Å². The maximum atomic E-state index is 11.7. The second kappa shape index (κ2) is 4.71. The average Bonchev–Trinajstić information content (AvgIpc) is 2.25. The van der Waals surface area contributed by atoms with Crippen LogP contribution in [0, 0.1) is 0 Å². The first-order chi connectivity index (χ1) is 7.59. The highest BCUT2D eigenvalue weighted by atomic mass is 32.2. The van der Waals surface area contributed by atoms with Crippen LogP contribution in [0.25, 0.3) is 0 Å². The van der Waals surface area contributed by atoms with Gasteiger partial charge in [-0.15, -0.1) is 0 Å². The summed E-state index contributed by atoms with van der Waals surface area (Å²) < 4.78 is 24.6. The van der Waals surface area contributed by atoms with E-state index in [1.807, 2.05) is 0 Å². The monoisotopic (exact) mass is 246 g/mol. The molecule has 2 saturated heterocycles. The molecule has 2 heterocycles. The Bertz CT molecular complexity index is 360. The number of nitrogens with one attached hydrogen (secondary N) is 1. The topological polar surface area (TPSA) is 66.5 Å². The number of hydrogen-bond donors (Lipinski definition) is 1. The van der Waals surface area contributed by atoms with Gasteiger partial charge in [0.15, 0.2) is 0 Å². The summed E-state index contributed by atoms with van der Waals surface area (Å²) in [5, 5.41) is 3.27. The molecule has 0 saturated carbocycles. The molecule has 0 aromatic carbocycles. The van der Waals surface area contributed by atoms with Crippen molar-refractivity contribution in [2.24, 2.45) is 0 Å². The zero-order valence-corrected chi connectivity index (χ0v) is 10.1. The zero-order valence-electron chi connectivity index (χ0n) is 9.31. The van der Waals surface area contributed by atoms with E-state index in [1.54, 1.807) is 0 Å². The third kappa shape index (κ3) is 2.55. The molecule has 1 N–H and O–H groups in total. The van der Waals surface area contributed by atoms with Crippen LogP contribution >= 0.6 is 0 Å². The lowest BCUT2D eigenvalue weighted by Crippen LogP contribution is -2.50. The van der Waals surface area contributed by atoms with Gasteiger partial charge in [0.2, 0.25) is 15.9 Å². The van der Waals surface area contributed by atoms with E-state index in [0.717, 1.165) is 30.1 Å². The first-order valence-electron chi connectivity index (χ1n) is 5.86. The van der Waals surface area contributed by atoms with Crippen LogP contribution in [-0.2, 0) is 14.8 Å². The largest absolute Gasteiger partial charge is 0.312 e. The minimum Gasteiger partial charge on any atom is -0.312 e. The van der Waals surface area contributed by atoms with Crippen molar-refractivity contribution in [3.8, 4) is 0 Å². The van der Waals surface area contributed by atoms with E-state index in [2.05, 4.69) is 5.32 Å². The highest BCUT2D eigenvalue weighted by Gasteiger charge is 2.33. The number of hydrogen-bond acceptors (Lipinski definition) is 4. The first kappa shape index (κ1) is 11.9. The molecule has 16 heavy (non-hydrogen) atoms. The third-order valence-electron chi connectivity index (χ3n) is 3.21. The first-order valence-corrected chi connectivity index (χ1v) is 7.47. The van der Waals surface area contributed by atoms with Gasteiger partial charge in [-0.05, 0) is 25.8 Å². The molecular weight excluding hydrogens is 228 g/mol. The number of amides is 1. The molecule has 2 rings (SSSR count). The minimum absolute atomic E-state index is 0.117. The maximum absolute atomic E-state index is 11.7. The molecule has 0 spiro atoms. The van der Waals surface area contributed by atoms with Crippen LogP contribution < -0.4 is 5.32 Å². The van der Waals surface area contributed by atoms with E-state index in [9.17, 15) is 13.2 Å². The van der Waals surface area contributed by atoms with Crippen molar-refractivity contribution >= 4 is 15.9 Å². The zero-order chi connectivity index (χ0) is 11.6. The summed E-state index contributed by atoms with van der Waals surface area (Å²) in [6.07, 6.45) is 4.04. The number of rotatable bonds is 2. The molecular formula is C10H18N2O3S. The fourth-order valence-corrected chi connectivity index (χ4v) is 3.83. The molecule has 0 aromatic rings. The Labute approximate surface area is 96.2 Å². The molecule has 92 valence electrons. The fourth-order valence-electron chi connectivity index (χ4n) is 2.29. The normalized spacial score (nSPS) is 30.4. The molecule has 2 fully saturated rings. The van der Waals surface area contributed by atoms with Gasteiger partial charge >= 0.3 is 0 Å². The Morgan fingerprint density at radius 2 is 2.12 bits per heavy atom. The summed E-state index contributed by atoms with van der Waals surface area (Å²) in [6.45, 7) is 1.24. The van der Waals surface area contributed by atoms with Crippen molar-refractivity contribution in [1.29, 1.82) is 0 Å². The number of carbonyl (C=O) groups is 1. The van der Waals surface area contributed by atoms with Gasteiger partial charge in [0.1, 0.15) is 0 Å². The summed E-state index contributed by atoms with van der Waals surface area (Å²) in [4.78, 5) is 11.6. The van der Waals surface area contributed by atoms with E-state index in [4.69, 9.17) is 0 Å². The molecule has 5 nitrogen and oxygen atoms in total. The summed E-state index contributed by atoms with van der Waals surface area (Å²) in [7, 11) is -3.33. The van der Waals surface area contributed by atoms with Crippen LogP contribution in [0.3, 0.4) is 0 Å². The summed E-state index contributed by atoms with van der Waals surface area (Å²) in [5.74, 6) is -0.121. The van der Waals surface area contributed by atoms with Gasteiger partial charge in [-0.3, -0.25) is 4.79 Å². The molecule has 1 unspecified atom stereocenters. The second-order valence-corrected chi connectivity index (χ2v) is 6.50.